The Labute approximate surface area is 172 Å². The smallest absolute Gasteiger partial charge is 0.340 e. The maximum absolute atomic E-state index is 11.4. The largest absolute Gasteiger partial charge is 0.345 e. The molecule has 0 saturated carbocycles. The Bertz CT molecular complexity index is 1190. The summed E-state index contributed by atoms with van der Waals surface area (Å²) in [6.07, 6.45) is 0. The second-order valence-corrected chi connectivity index (χ2v) is 9.40. The highest BCUT2D eigenvalue weighted by Crippen LogP contribution is 2.53. The number of aromatic amines is 1. The van der Waals surface area contributed by atoms with Gasteiger partial charge in [0.25, 0.3) is 0 Å². The number of thiol groups is 1. The molecule has 1 aromatic heterocycles. The van der Waals surface area contributed by atoms with Crippen molar-refractivity contribution in [1.82, 2.24) is 9.97 Å². The Morgan fingerprint density at radius 1 is 0.964 bits per heavy atom. The van der Waals surface area contributed by atoms with Crippen LogP contribution in [0.1, 0.15) is 10.8 Å². The molecule has 1 atom stereocenters. The first-order chi connectivity index (χ1) is 13.3. The first-order valence-electron chi connectivity index (χ1n) is 8.41. The predicted molar refractivity (Wildman–Crippen MR) is 116 cm³/mol. The number of fused-ring (bicyclic) bond motifs is 1. The second kappa shape index (κ2) is 7.39. The topological polar surface area (TPSA) is 86.2 Å². The van der Waals surface area contributed by atoms with Gasteiger partial charge in [-0.1, -0.05) is 66.2 Å². The van der Waals surface area contributed by atoms with Crippen molar-refractivity contribution in [2.75, 3.05) is 0 Å². The van der Waals surface area contributed by atoms with Crippen molar-refractivity contribution in [2.45, 2.75) is 4.99 Å². The van der Waals surface area contributed by atoms with E-state index in [0.717, 1.165) is 22.3 Å². The van der Waals surface area contributed by atoms with Gasteiger partial charge in [0.05, 0.1) is 16.1 Å². The van der Waals surface area contributed by atoms with Crippen molar-refractivity contribution in [2.24, 2.45) is 0 Å². The molecule has 0 spiro atoms. The monoisotopic (exact) mass is 430 g/mol. The molecule has 3 N–H and O–H groups in total. The second-order valence-electron chi connectivity index (χ2n) is 6.38. The molecule has 0 fully saturated rings. The zero-order valence-electron chi connectivity index (χ0n) is 14.5. The fourth-order valence-electron chi connectivity index (χ4n) is 3.03. The number of halogens is 1. The zero-order chi connectivity index (χ0) is 19.9. The molecule has 4 rings (SSSR count). The van der Waals surface area contributed by atoms with Crippen LogP contribution in [0, 0.1) is 0 Å². The van der Waals surface area contributed by atoms with Crippen LogP contribution in [0.4, 0.5) is 0 Å². The third kappa shape index (κ3) is 3.75. The lowest BCUT2D eigenvalue weighted by molar-refractivity contribution is 0.370. The molecule has 0 radical (unpaired) electrons. The molecule has 1 unspecified atom stereocenters. The number of imidazole rings is 1. The van der Waals surface area contributed by atoms with E-state index >= 15 is 0 Å². The maximum Gasteiger partial charge on any atom is 0.345 e. The molecule has 0 aliphatic rings. The number of rotatable bonds is 4. The van der Waals surface area contributed by atoms with Gasteiger partial charge in [-0.2, -0.15) is 12.6 Å². The van der Waals surface area contributed by atoms with Gasteiger partial charge in [-0.25, -0.2) is 4.98 Å². The number of hydrogen-bond acceptors (Lipinski definition) is 3. The maximum atomic E-state index is 11.4. The van der Waals surface area contributed by atoms with E-state index in [-0.39, 0.29) is 5.82 Å². The number of benzene rings is 3. The van der Waals surface area contributed by atoms with Gasteiger partial charge in [-0.3, -0.25) is 4.57 Å². The van der Waals surface area contributed by atoms with E-state index in [1.54, 1.807) is 12.1 Å². The van der Waals surface area contributed by atoms with Crippen molar-refractivity contribution in [3.8, 4) is 22.3 Å². The molecule has 3 aromatic carbocycles. The van der Waals surface area contributed by atoms with Crippen molar-refractivity contribution < 1.29 is 14.4 Å². The standard InChI is InChI=1S/C20H16ClN2O3PS/c21-16-11-18-17(22-19(23-18)20(28)27(24,25)26)10-15(16)14-8-6-13(7-9-14)12-4-2-1-3-5-12/h1-11,20,28H,(H,22,23)(H2,24,25,26). The Kier molecular flexibility index (Phi) is 5.08. The molecule has 0 aliphatic heterocycles. The summed E-state index contributed by atoms with van der Waals surface area (Å²) in [6.45, 7) is 0. The van der Waals surface area contributed by atoms with E-state index in [0.29, 0.717) is 16.1 Å². The van der Waals surface area contributed by atoms with E-state index < -0.39 is 12.6 Å². The molecule has 1 heterocycles. The van der Waals surface area contributed by atoms with Crippen LogP contribution in [-0.4, -0.2) is 19.8 Å². The normalized spacial score (nSPS) is 13.0. The Hall–Kier alpha value is -2.08. The molecule has 0 bridgehead atoms. The minimum atomic E-state index is -4.41. The third-order valence-corrected chi connectivity index (χ3v) is 6.80. The number of nitrogens with one attached hydrogen (secondary N) is 1. The first-order valence-corrected chi connectivity index (χ1v) is 11.0. The number of aromatic nitrogens is 2. The summed E-state index contributed by atoms with van der Waals surface area (Å²) in [5.74, 6) is 0.110. The number of H-pyrrole nitrogens is 1. The number of nitrogens with zero attached hydrogens (tertiary/aromatic N) is 1. The quantitative estimate of drug-likeness (QED) is 0.249. The molecule has 4 aromatic rings. The summed E-state index contributed by atoms with van der Waals surface area (Å²) >= 11 is 10.4. The average Bonchev–Trinajstić information content (AvgIpc) is 3.09. The van der Waals surface area contributed by atoms with Crippen LogP contribution in [0.25, 0.3) is 33.3 Å². The van der Waals surface area contributed by atoms with Crippen molar-refractivity contribution >= 4 is 42.9 Å². The van der Waals surface area contributed by atoms with Crippen LogP contribution in [-0.2, 0) is 4.57 Å². The lowest BCUT2D eigenvalue weighted by atomic mass is 10.00. The Balaban J connectivity index is 1.72. The Morgan fingerprint density at radius 2 is 1.57 bits per heavy atom. The molecular formula is C20H16ClN2O3PS. The summed E-state index contributed by atoms with van der Waals surface area (Å²) in [5, 5.41) is 0.516. The minimum Gasteiger partial charge on any atom is -0.340 e. The van der Waals surface area contributed by atoms with Crippen LogP contribution in [0.15, 0.2) is 66.7 Å². The van der Waals surface area contributed by atoms with Gasteiger partial charge in [0, 0.05) is 5.56 Å². The zero-order valence-corrected chi connectivity index (χ0v) is 17.0. The first kappa shape index (κ1) is 19.2. The fourth-order valence-corrected chi connectivity index (χ4v) is 3.86. The van der Waals surface area contributed by atoms with E-state index in [4.69, 9.17) is 11.6 Å². The van der Waals surface area contributed by atoms with Gasteiger partial charge >= 0.3 is 7.60 Å². The molecular weight excluding hydrogens is 415 g/mol. The number of hydrogen-bond donors (Lipinski definition) is 4. The lowest BCUT2D eigenvalue weighted by Crippen LogP contribution is -1.94. The molecule has 8 heteroatoms. The lowest BCUT2D eigenvalue weighted by Gasteiger charge is -2.08. The van der Waals surface area contributed by atoms with Crippen molar-refractivity contribution in [3.63, 3.8) is 0 Å². The molecule has 28 heavy (non-hydrogen) atoms. The minimum absolute atomic E-state index is 0.110. The van der Waals surface area contributed by atoms with Gasteiger partial charge in [0.1, 0.15) is 5.82 Å². The van der Waals surface area contributed by atoms with Crippen LogP contribution < -0.4 is 0 Å². The molecule has 142 valence electrons. The summed E-state index contributed by atoms with van der Waals surface area (Å²) in [5.41, 5.74) is 5.10. The fraction of sp³-hybridized carbons (Fsp3) is 0.0500. The highest BCUT2D eigenvalue weighted by molar-refractivity contribution is 7.88. The van der Waals surface area contributed by atoms with Gasteiger partial charge in [-0.15, -0.1) is 0 Å². The molecule has 5 nitrogen and oxygen atoms in total. The molecule has 0 aliphatic carbocycles. The van der Waals surface area contributed by atoms with E-state index in [1.807, 2.05) is 54.6 Å². The third-order valence-electron chi connectivity index (χ3n) is 4.46. The van der Waals surface area contributed by atoms with Gasteiger partial charge in [0.15, 0.2) is 4.99 Å². The SMILES string of the molecule is O=P(O)(O)C(S)c1nc2cc(-c3ccc(-c4ccccc4)cc3)c(Cl)cc2[nH]1. The van der Waals surface area contributed by atoms with Gasteiger partial charge in [0.2, 0.25) is 0 Å². The van der Waals surface area contributed by atoms with Crippen LogP contribution >= 0.6 is 31.8 Å². The van der Waals surface area contributed by atoms with Crippen molar-refractivity contribution in [1.29, 1.82) is 0 Å². The van der Waals surface area contributed by atoms with E-state index in [9.17, 15) is 14.4 Å². The molecule has 0 saturated heterocycles. The van der Waals surface area contributed by atoms with Crippen LogP contribution in [0.2, 0.25) is 5.02 Å². The summed E-state index contributed by atoms with van der Waals surface area (Å²) < 4.78 is 11.4. The van der Waals surface area contributed by atoms with E-state index in [2.05, 4.69) is 22.6 Å². The van der Waals surface area contributed by atoms with Crippen LogP contribution in [0.5, 0.6) is 0 Å². The Morgan fingerprint density at radius 3 is 2.21 bits per heavy atom. The van der Waals surface area contributed by atoms with Crippen LogP contribution in [0.3, 0.4) is 0 Å². The molecule has 0 amide bonds. The average molecular weight is 431 g/mol. The van der Waals surface area contributed by atoms with Gasteiger partial charge < -0.3 is 14.8 Å². The summed E-state index contributed by atoms with van der Waals surface area (Å²) in [7, 11) is -4.41. The highest BCUT2D eigenvalue weighted by Gasteiger charge is 2.29. The van der Waals surface area contributed by atoms with Crippen molar-refractivity contribution in [3.05, 3.63) is 77.6 Å². The summed E-state index contributed by atoms with van der Waals surface area (Å²) in [4.78, 5) is 24.5. The highest BCUT2D eigenvalue weighted by atomic mass is 35.5. The summed E-state index contributed by atoms with van der Waals surface area (Å²) in [6, 6.07) is 21.6. The predicted octanol–water partition coefficient (Wildman–Crippen LogP) is 5.66. The van der Waals surface area contributed by atoms with E-state index in [1.165, 1.54) is 0 Å². The van der Waals surface area contributed by atoms with Gasteiger partial charge in [-0.05, 0) is 28.8 Å².